The van der Waals surface area contributed by atoms with Crippen LogP contribution in [0.5, 0.6) is 11.5 Å². The average molecular weight is 443 g/mol. The zero-order valence-electron chi connectivity index (χ0n) is 20.0. The maximum Gasteiger partial charge on any atom is 0.191 e. The van der Waals surface area contributed by atoms with Crippen LogP contribution in [0.1, 0.15) is 37.5 Å². The summed E-state index contributed by atoms with van der Waals surface area (Å²) >= 11 is 0. The molecule has 3 N–H and O–H groups in total. The fraction of sp³-hybridized carbons (Fsp3) is 0.480. The van der Waals surface area contributed by atoms with E-state index >= 15 is 0 Å². The molecule has 0 bridgehead atoms. The van der Waals surface area contributed by atoms with E-state index < -0.39 is 6.10 Å². The van der Waals surface area contributed by atoms with Gasteiger partial charge in [0.1, 0.15) is 0 Å². The molecule has 2 aromatic carbocycles. The first-order valence-corrected chi connectivity index (χ1v) is 11.1. The van der Waals surface area contributed by atoms with Crippen LogP contribution in [0.2, 0.25) is 0 Å². The highest BCUT2D eigenvalue weighted by molar-refractivity contribution is 5.79. The van der Waals surface area contributed by atoms with Crippen molar-refractivity contribution in [2.45, 2.75) is 39.0 Å². The lowest BCUT2D eigenvalue weighted by Crippen LogP contribution is -2.40. The second-order valence-corrected chi connectivity index (χ2v) is 7.82. The minimum atomic E-state index is -0.735. The first kappa shape index (κ1) is 25.5. The zero-order valence-corrected chi connectivity index (χ0v) is 20.0. The van der Waals surface area contributed by atoms with Gasteiger partial charge in [0, 0.05) is 25.7 Å². The molecule has 0 fully saturated rings. The number of aliphatic hydroxyl groups excluding tert-OH is 1. The summed E-state index contributed by atoms with van der Waals surface area (Å²) in [5.74, 6) is 1.92. The van der Waals surface area contributed by atoms with E-state index in [0.717, 1.165) is 31.6 Å². The Bertz CT molecular complexity index is 829. The van der Waals surface area contributed by atoms with E-state index in [9.17, 15) is 5.11 Å². The molecule has 0 amide bonds. The van der Waals surface area contributed by atoms with Gasteiger partial charge in [0.2, 0.25) is 0 Å². The van der Waals surface area contributed by atoms with Gasteiger partial charge in [-0.05, 0) is 50.6 Å². The number of hydrogen-bond acceptors (Lipinski definition) is 5. The van der Waals surface area contributed by atoms with E-state index in [1.807, 2.05) is 19.1 Å². The van der Waals surface area contributed by atoms with Crippen LogP contribution in [-0.4, -0.2) is 62.9 Å². The van der Waals surface area contributed by atoms with Crippen LogP contribution in [0.25, 0.3) is 0 Å². The Labute approximate surface area is 192 Å². The van der Waals surface area contributed by atoms with Crippen molar-refractivity contribution in [3.8, 4) is 11.5 Å². The van der Waals surface area contributed by atoms with Crippen LogP contribution in [0.3, 0.4) is 0 Å². The Balaban J connectivity index is 1.86. The van der Waals surface area contributed by atoms with E-state index in [1.54, 1.807) is 26.4 Å². The van der Waals surface area contributed by atoms with Gasteiger partial charge in [-0.1, -0.05) is 36.4 Å². The standard InChI is InChI=1S/C25H38N4O3/c1-6-26-25(27-15-14-19(2)29(3)18-20-10-8-7-9-11-20)28-17-22(30)21-12-13-23(31-4)24(16-21)32-5/h7-13,16,19,22,30H,6,14-15,17-18H2,1-5H3,(H2,26,27,28). The maximum atomic E-state index is 10.6. The molecule has 2 atom stereocenters. The van der Waals surface area contributed by atoms with Crippen molar-refractivity contribution >= 4 is 5.96 Å². The second kappa shape index (κ2) is 13.6. The van der Waals surface area contributed by atoms with Gasteiger partial charge in [-0.15, -0.1) is 0 Å². The van der Waals surface area contributed by atoms with Crippen LogP contribution in [-0.2, 0) is 6.54 Å². The van der Waals surface area contributed by atoms with Gasteiger partial charge in [-0.25, -0.2) is 0 Å². The Morgan fingerprint density at radius 3 is 2.44 bits per heavy atom. The normalized spacial score (nSPS) is 13.5. The van der Waals surface area contributed by atoms with Gasteiger partial charge < -0.3 is 25.2 Å². The van der Waals surface area contributed by atoms with Crippen molar-refractivity contribution in [3.63, 3.8) is 0 Å². The summed E-state index contributed by atoms with van der Waals surface area (Å²) < 4.78 is 10.6. The third-order valence-corrected chi connectivity index (χ3v) is 5.44. The largest absolute Gasteiger partial charge is 0.493 e. The zero-order chi connectivity index (χ0) is 23.3. The highest BCUT2D eigenvalue weighted by Gasteiger charge is 2.13. The first-order chi connectivity index (χ1) is 15.5. The van der Waals surface area contributed by atoms with Crippen molar-refractivity contribution in [2.75, 3.05) is 40.9 Å². The molecule has 2 unspecified atom stereocenters. The summed E-state index contributed by atoms with van der Waals surface area (Å²) in [4.78, 5) is 6.91. The predicted octanol–water partition coefficient (Wildman–Crippen LogP) is 3.20. The van der Waals surface area contributed by atoms with Gasteiger partial charge in [0.05, 0.1) is 26.9 Å². The van der Waals surface area contributed by atoms with Gasteiger partial charge in [0.25, 0.3) is 0 Å². The number of benzene rings is 2. The Kier molecular flexibility index (Phi) is 10.8. The van der Waals surface area contributed by atoms with Crippen LogP contribution in [0.15, 0.2) is 53.5 Å². The highest BCUT2D eigenvalue weighted by atomic mass is 16.5. The highest BCUT2D eigenvalue weighted by Crippen LogP contribution is 2.30. The minimum absolute atomic E-state index is 0.244. The monoisotopic (exact) mass is 442 g/mol. The van der Waals surface area contributed by atoms with Crippen molar-refractivity contribution in [1.29, 1.82) is 0 Å². The number of rotatable bonds is 12. The molecule has 0 radical (unpaired) electrons. The second-order valence-electron chi connectivity index (χ2n) is 7.82. The van der Waals surface area contributed by atoms with E-state index in [2.05, 4.69) is 58.8 Å². The topological polar surface area (TPSA) is 78.4 Å². The predicted molar refractivity (Wildman–Crippen MR) is 130 cm³/mol. The lowest BCUT2D eigenvalue weighted by atomic mass is 10.1. The summed E-state index contributed by atoms with van der Waals surface area (Å²) in [6.07, 6.45) is 0.243. The Morgan fingerprint density at radius 2 is 1.78 bits per heavy atom. The lowest BCUT2D eigenvalue weighted by molar-refractivity contribution is 0.186. The molecule has 7 nitrogen and oxygen atoms in total. The molecule has 0 aliphatic heterocycles. The number of guanidine groups is 1. The molecule has 0 spiro atoms. The Morgan fingerprint density at radius 1 is 1.06 bits per heavy atom. The molecule has 2 rings (SSSR count). The molecular weight excluding hydrogens is 404 g/mol. The van der Waals surface area contributed by atoms with Crippen molar-refractivity contribution in [3.05, 3.63) is 59.7 Å². The van der Waals surface area contributed by atoms with Gasteiger partial charge in [0.15, 0.2) is 17.5 Å². The molecule has 0 aliphatic carbocycles. The lowest BCUT2D eigenvalue weighted by Gasteiger charge is -2.25. The quantitative estimate of drug-likeness (QED) is 0.346. The number of nitrogens with zero attached hydrogens (tertiary/aromatic N) is 2. The first-order valence-electron chi connectivity index (χ1n) is 11.1. The fourth-order valence-corrected chi connectivity index (χ4v) is 3.33. The van der Waals surface area contributed by atoms with Crippen LogP contribution in [0, 0.1) is 0 Å². The van der Waals surface area contributed by atoms with Crippen LogP contribution >= 0.6 is 0 Å². The van der Waals surface area contributed by atoms with Crippen molar-refractivity contribution < 1.29 is 14.6 Å². The molecule has 0 saturated carbocycles. The molecule has 0 aliphatic rings. The van der Waals surface area contributed by atoms with E-state index in [0.29, 0.717) is 23.5 Å². The minimum Gasteiger partial charge on any atom is -0.493 e. The molecule has 7 heteroatoms. The molecule has 2 aromatic rings. The summed E-state index contributed by atoms with van der Waals surface area (Å²) in [5, 5.41) is 17.2. The summed E-state index contributed by atoms with van der Waals surface area (Å²) in [6, 6.07) is 16.3. The number of hydrogen-bond donors (Lipinski definition) is 3. The summed E-state index contributed by atoms with van der Waals surface area (Å²) in [5.41, 5.74) is 2.05. The van der Waals surface area contributed by atoms with Crippen LogP contribution in [0.4, 0.5) is 0 Å². The van der Waals surface area contributed by atoms with E-state index in [-0.39, 0.29) is 6.54 Å². The number of aliphatic imine (C=N–C) groups is 1. The van der Waals surface area contributed by atoms with E-state index in [1.165, 1.54) is 5.56 Å². The fourth-order valence-electron chi connectivity index (χ4n) is 3.33. The average Bonchev–Trinajstić information content (AvgIpc) is 2.82. The molecule has 0 saturated heterocycles. The smallest absolute Gasteiger partial charge is 0.191 e. The molecule has 32 heavy (non-hydrogen) atoms. The van der Waals surface area contributed by atoms with E-state index in [4.69, 9.17) is 9.47 Å². The SMILES string of the molecule is CCNC(=NCC(O)c1ccc(OC)c(OC)c1)NCCC(C)N(C)Cc1ccccc1. The van der Waals surface area contributed by atoms with Crippen molar-refractivity contribution in [2.24, 2.45) is 4.99 Å². The Hall–Kier alpha value is -2.77. The summed E-state index contributed by atoms with van der Waals surface area (Å²) in [7, 11) is 5.32. The third-order valence-electron chi connectivity index (χ3n) is 5.44. The number of ether oxygens (including phenoxy) is 2. The number of aliphatic hydroxyl groups is 1. The maximum absolute atomic E-state index is 10.6. The van der Waals surface area contributed by atoms with Crippen molar-refractivity contribution in [1.82, 2.24) is 15.5 Å². The molecule has 0 aromatic heterocycles. The summed E-state index contributed by atoms with van der Waals surface area (Å²) in [6.45, 7) is 6.97. The van der Waals surface area contributed by atoms with Gasteiger partial charge in [-0.3, -0.25) is 9.89 Å². The van der Waals surface area contributed by atoms with Gasteiger partial charge in [-0.2, -0.15) is 0 Å². The number of methoxy groups -OCH3 is 2. The third kappa shape index (κ3) is 8.05. The molecule has 176 valence electrons. The van der Waals surface area contributed by atoms with Crippen LogP contribution < -0.4 is 20.1 Å². The van der Waals surface area contributed by atoms with Gasteiger partial charge >= 0.3 is 0 Å². The number of nitrogens with one attached hydrogen (secondary N) is 2. The molecular formula is C25H38N4O3. The molecule has 0 heterocycles.